The van der Waals surface area contributed by atoms with E-state index in [4.69, 9.17) is 0 Å². The second kappa shape index (κ2) is 9.89. The normalized spacial score (nSPS) is 11.8. The van der Waals surface area contributed by atoms with Gasteiger partial charge >= 0.3 is 5.69 Å². The molecule has 3 rings (SSSR count). The molecule has 0 N–H and O–H groups in total. The standard InChI is InChI=1S/C20H22FN5OS2/c1-14-6-4-9-18(26-20(27)25(2)23-24-26)17(14)13-29-19(28-3)22-11-10-15-7-5-8-16(21)12-15/h4-9,12H,10-11,13H2,1-3H3. The summed E-state index contributed by atoms with van der Waals surface area (Å²) in [5.74, 6) is 0.433. The third kappa shape index (κ3) is 5.36. The summed E-state index contributed by atoms with van der Waals surface area (Å²) in [6.45, 7) is 2.61. The number of hydrogen-bond acceptors (Lipinski definition) is 6. The van der Waals surface area contributed by atoms with Crippen LogP contribution in [0.15, 0.2) is 52.3 Å². The highest BCUT2D eigenvalue weighted by atomic mass is 32.2. The average Bonchev–Trinajstić information content (AvgIpc) is 3.04. The van der Waals surface area contributed by atoms with E-state index in [1.165, 1.54) is 15.4 Å². The van der Waals surface area contributed by atoms with Crippen LogP contribution < -0.4 is 5.69 Å². The van der Waals surface area contributed by atoms with Crippen molar-refractivity contribution in [2.75, 3.05) is 12.8 Å². The third-order valence-electron chi connectivity index (χ3n) is 4.38. The molecule has 0 saturated carbocycles. The zero-order chi connectivity index (χ0) is 20.8. The van der Waals surface area contributed by atoms with Crippen LogP contribution in [0.2, 0.25) is 0 Å². The highest BCUT2D eigenvalue weighted by molar-refractivity contribution is 8.38. The van der Waals surface area contributed by atoms with Crippen LogP contribution in [0.5, 0.6) is 0 Å². The third-order valence-corrected chi connectivity index (χ3v) is 6.52. The Balaban J connectivity index is 1.72. The number of aryl methyl sites for hydroxylation is 2. The van der Waals surface area contributed by atoms with Crippen molar-refractivity contribution in [3.63, 3.8) is 0 Å². The molecule has 0 aliphatic carbocycles. The molecule has 0 radical (unpaired) electrons. The Bertz CT molecular complexity index is 1080. The average molecular weight is 432 g/mol. The first-order chi connectivity index (χ1) is 14.0. The molecule has 1 aromatic heterocycles. The molecule has 0 aliphatic rings. The molecular weight excluding hydrogens is 409 g/mol. The molecule has 9 heteroatoms. The van der Waals surface area contributed by atoms with Crippen LogP contribution in [0.4, 0.5) is 4.39 Å². The highest BCUT2D eigenvalue weighted by Gasteiger charge is 2.14. The van der Waals surface area contributed by atoms with Gasteiger partial charge in [0.1, 0.15) is 10.2 Å². The molecular formula is C20H22FN5OS2. The van der Waals surface area contributed by atoms with Gasteiger partial charge in [-0.05, 0) is 64.9 Å². The van der Waals surface area contributed by atoms with E-state index < -0.39 is 0 Å². The molecule has 0 amide bonds. The Labute approximate surface area is 177 Å². The maximum absolute atomic E-state index is 13.3. The van der Waals surface area contributed by atoms with Crippen LogP contribution in [0.25, 0.3) is 5.69 Å². The van der Waals surface area contributed by atoms with Crippen LogP contribution in [0.1, 0.15) is 16.7 Å². The zero-order valence-electron chi connectivity index (χ0n) is 16.5. The number of thioether (sulfide) groups is 2. The minimum atomic E-state index is -0.282. The zero-order valence-corrected chi connectivity index (χ0v) is 18.1. The van der Waals surface area contributed by atoms with Crippen LogP contribution in [-0.2, 0) is 19.2 Å². The van der Waals surface area contributed by atoms with Gasteiger partial charge in [-0.15, -0.1) is 11.8 Å². The lowest BCUT2D eigenvalue weighted by molar-refractivity contribution is 0.625. The SMILES string of the molecule is CSC(=NCCc1cccc(F)c1)SCc1c(C)cccc1-n1nnn(C)c1=O. The first-order valence-corrected chi connectivity index (χ1v) is 11.2. The van der Waals surface area contributed by atoms with Gasteiger partial charge in [0.25, 0.3) is 0 Å². The minimum Gasteiger partial charge on any atom is -0.271 e. The maximum atomic E-state index is 13.3. The van der Waals surface area contributed by atoms with Gasteiger partial charge in [0.15, 0.2) is 0 Å². The van der Waals surface area contributed by atoms with Gasteiger partial charge in [0, 0.05) is 19.3 Å². The summed E-state index contributed by atoms with van der Waals surface area (Å²) >= 11 is 3.20. The number of aliphatic imine (C=N–C) groups is 1. The van der Waals surface area contributed by atoms with Crippen molar-refractivity contribution in [3.8, 4) is 5.69 Å². The highest BCUT2D eigenvalue weighted by Crippen LogP contribution is 2.26. The first-order valence-electron chi connectivity index (χ1n) is 9.03. The summed E-state index contributed by atoms with van der Waals surface area (Å²) < 4.78 is 16.8. The van der Waals surface area contributed by atoms with E-state index in [-0.39, 0.29) is 11.5 Å². The first kappa shape index (κ1) is 21.3. The fourth-order valence-electron chi connectivity index (χ4n) is 2.81. The molecule has 29 heavy (non-hydrogen) atoms. The Morgan fingerprint density at radius 1 is 1.21 bits per heavy atom. The predicted octanol–water partition coefficient (Wildman–Crippen LogP) is 3.61. The van der Waals surface area contributed by atoms with Crippen molar-refractivity contribution in [2.45, 2.75) is 19.1 Å². The summed E-state index contributed by atoms with van der Waals surface area (Å²) in [5.41, 5.74) is 3.48. The van der Waals surface area contributed by atoms with Crippen LogP contribution in [0, 0.1) is 12.7 Å². The molecule has 0 atom stereocenters. The Morgan fingerprint density at radius 3 is 2.69 bits per heavy atom. The summed E-state index contributed by atoms with van der Waals surface area (Å²) in [4.78, 5) is 16.9. The summed E-state index contributed by atoms with van der Waals surface area (Å²) in [5, 5.41) is 7.77. The molecule has 3 aromatic rings. The van der Waals surface area contributed by atoms with Gasteiger partial charge in [-0.1, -0.05) is 36.0 Å². The predicted molar refractivity (Wildman–Crippen MR) is 119 cm³/mol. The summed E-state index contributed by atoms with van der Waals surface area (Å²) in [6.07, 6.45) is 2.67. The van der Waals surface area contributed by atoms with Crippen molar-refractivity contribution in [1.29, 1.82) is 0 Å². The van der Waals surface area contributed by atoms with Crippen LogP contribution in [0.3, 0.4) is 0 Å². The molecule has 6 nitrogen and oxygen atoms in total. The van der Waals surface area contributed by atoms with E-state index in [2.05, 4.69) is 15.4 Å². The number of benzene rings is 2. The molecule has 0 unspecified atom stereocenters. The number of halogens is 1. The summed E-state index contributed by atoms with van der Waals surface area (Å²) in [7, 11) is 1.58. The summed E-state index contributed by atoms with van der Waals surface area (Å²) in [6, 6.07) is 12.4. The van der Waals surface area contributed by atoms with Gasteiger partial charge in [-0.25, -0.2) is 9.18 Å². The van der Waals surface area contributed by atoms with Gasteiger partial charge < -0.3 is 0 Å². The number of rotatable bonds is 6. The molecule has 0 fully saturated rings. The van der Waals surface area contributed by atoms with Crippen LogP contribution >= 0.6 is 23.5 Å². The molecule has 2 aromatic carbocycles. The molecule has 0 saturated heterocycles. The van der Waals surface area contributed by atoms with E-state index in [1.54, 1.807) is 42.7 Å². The largest absolute Gasteiger partial charge is 0.368 e. The van der Waals surface area contributed by atoms with Gasteiger partial charge in [-0.2, -0.15) is 9.36 Å². The Morgan fingerprint density at radius 2 is 2.00 bits per heavy atom. The fraction of sp³-hybridized carbons (Fsp3) is 0.300. The van der Waals surface area contributed by atoms with E-state index in [1.807, 2.05) is 37.4 Å². The Kier molecular flexibility index (Phi) is 7.27. The van der Waals surface area contributed by atoms with Crippen molar-refractivity contribution >= 4 is 27.9 Å². The minimum absolute atomic E-state index is 0.225. The van der Waals surface area contributed by atoms with Gasteiger partial charge in [-0.3, -0.25) is 4.99 Å². The van der Waals surface area contributed by atoms with Gasteiger partial charge in [0.05, 0.1) is 5.69 Å². The van der Waals surface area contributed by atoms with Gasteiger partial charge in [0.2, 0.25) is 0 Å². The van der Waals surface area contributed by atoms with Crippen molar-refractivity contribution in [3.05, 3.63) is 75.5 Å². The maximum Gasteiger partial charge on any atom is 0.368 e. The topological polar surface area (TPSA) is 65.1 Å². The van der Waals surface area contributed by atoms with E-state index in [0.717, 1.165) is 26.8 Å². The lowest BCUT2D eigenvalue weighted by Gasteiger charge is -2.11. The molecule has 0 bridgehead atoms. The van der Waals surface area contributed by atoms with Crippen molar-refractivity contribution in [2.24, 2.45) is 12.0 Å². The van der Waals surface area contributed by atoms with Crippen molar-refractivity contribution in [1.82, 2.24) is 19.8 Å². The number of aromatic nitrogens is 4. The monoisotopic (exact) mass is 431 g/mol. The fourth-order valence-corrected chi connectivity index (χ4v) is 4.50. The molecule has 152 valence electrons. The van der Waals surface area contributed by atoms with Crippen molar-refractivity contribution < 1.29 is 4.39 Å². The Hall–Kier alpha value is -2.39. The van der Waals surface area contributed by atoms with E-state index >= 15 is 0 Å². The lowest BCUT2D eigenvalue weighted by atomic mass is 10.1. The van der Waals surface area contributed by atoms with Crippen LogP contribution in [-0.4, -0.2) is 37.0 Å². The number of nitrogens with zero attached hydrogens (tertiary/aromatic N) is 5. The quantitative estimate of drug-likeness (QED) is 0.441. The molecule has 0 spiro atoms. The number of tetrazole rings is 1. The second-order valence-corrected chi connectivity index (χ2v) is 8.41. The van der Waals surface area contributed by atoms with E-state index in [0.29, 0.717) is 18.7 Å². The smallest absolute Gasteiger partial charge is 0.271 e. The second-order valence-electron chi connectivity index (χ2n) is 6.39. The lowest BCUT2D eigenvalue weighted by Crippen LogP contribution is -2.23. The molecule has 1 heterocycles. The number of hydrogen-bond donors (Lipinski definition) is 0. The molecule has 0 aliphatic heterocycles. The van der Waals surface area contributed by atoms with E-state index in [9.17, 15) is 9.18 Å².